The summed E-state index contributed by atoms with van der Waals surface area (Å²) in [6.07, 6.45) is 4.58. The first-order chi connectivity index (χ1) is 6.16. The maximum atomic E-state index is 11.4. The van der Waals surface area contributed by atoms with Gasteiger partial charge in [0.2, 0.25) is 5.91 Å². The van der Waals surface area contributed by atoms with E-state index in [-0.39, 0.29) is 18.0 Å². The quantitative estimate of drug-likeness (QED) is 0.281. The highest BCUT2D eigenvalue weighted by Crippen LogP contribution is 2.23. The lowest BCUT2D eigenvalue weighted by Crippen LogP contribution is -2.41. The number of rotatable bonds is 5. The Bertz CT molecular complexity index is 184. The van der Waals surface area contributed by atoms with Crippen molar-refractivity contribution in [3.05, 3.63) is 0 Å². The molecule has 2 unspecified atom stereocenters. The molecule has 0 bridgehead atoms. The summed E-state index contributed by atoms with van der Waals surface area (Å²) >= 11 is 0. The predicted octanol–water partition coefficient (Wildman–Crippen LogP) is 0.369. The first-order valence-corrected chi connectivity index (χ1v) is 4.99. The largest absolute Gasteiger partial charge is 0.326 e. The van der Waals surface area contributed by atoms with Crippen LogP contribution in [0.2, 0.25) is 0 Å². The predicted molar refractivity (Wildman–Crippen MR) is 51.6 cm³/mol. The van der Waals surface area contributed by atoms with E-state index < -0.39 is 0 Å². The Labute approximate surface area is 79.2 Å². The number of nitrogens with zero attached hydrogens (tertiary/aromatic N) is 1. The fraction of sp³-hybridized carbons (Fsp3) is 0.889. The Morgan fingerprint density at radius 3 is 2.62 bits per heavy atom. The molecule has 2 atom stereocenters. The highest BCUT2D eigenvalue weighted by Gasteiger charge is 2.39. The second kappa shape index (κ2) is 4.58. The number of nitrogens with two attached hydrogens (primary N) is 2. The SMILES string of the molecule is CCCCCC(=O)N(N)C1CC1N. The van der Waals surface area contributed by atoms with Gasteiger partial charge in [-0.25, -0.2) is 5.84 Å². The molecule has 1 saturated carbocycles. The molecule has 1 fully saturated rings. The van der Waals surface area contributed by atoms with Crippen LogP contribution < -0.4 is 11.6 Å². The molecule has 1 aliphatic rings. The van der Waals surface area contributed by atoms with E-state index in [9.17, 15) is 4.79 Å². The third-order valence-electron chi connectivity index (χ3n) is 2.44. The lowest BCUT2D eigenvalue weighted by molar-refractivity contribution is -0.132. The molecule has 0 radical (unpaired) electrons. The smallest absolute Gasteiger partial charge is 0.236 e. The molecule has 0 aromatic rings. The highest BCUT2D eigenvalue weighted by molar-refractivity contribution is 5.76. The number of unbranched alkanes of at least 4 members (excludes halogenated alkanes) is 2. The summed E-state index contributed by atoms with van der Waals surface area (Å²) in [6, 6.07) is 0.217. The Kier molecular flexibility index (Phi) is 3.69. The first kappa shape index (κ1) is 10.5. The summed E-state index contributed by atoms with van der Waals surface area (Å²) in [6.45, 7) is 2.11. The van der Waals surface area contributed by atoms with E-state index in [2.05, 4.69) is 6.92 Å². The molecule has 4 N–H and O–H groups in total. The number of hydrogen-bond donors (Lipinski definition) is 2. The molecule has 0 aliphatic heterocycles. The molecule has 1 rings (SSSR count). The van der Waals surface area contributed by atoms with E-state index in [1.54, 1.807) is 0 Å². The fourth-order valence-corrected chi connectivity index (χ4v) is 1.36. The second-order valence-corrected chi connectivity index (χ2v) is 3.73. The van der Waals surface area contributed by atoms with Crippen molar-refractivity contribution in [3.8, 4) is 0 Å². The number of carbonyl (C=O) groups excluding carboxylic acids is 1. The normalized spacial score (nSPS) is 25.8. The molecule has 4 nitrogen and oxygen atoms in total. The third kappa shape index (κ3) is 2.97. The first-order valence-electron chi connectivity index (χ1n) is 4.99. The summed E-state index contributed by atoms with van der Waals surface area (Å²) < 4.78 is 0. The van der Waals surface area contributed by atoms with Gasteiger partial charge in [0.05, 0.1) is 6.04 Å². The van der Waals surface area contributed by atoms with Gasteiger partial charge >= 0.3 is 0 Å². The van der Waals surface area contributed by atoms with Gasteiger partial charge < -0.3 is 5.73 Å². The zero-order valence-corrected chi connectivity index (χ0v) is 8.20. The van der Waals surface area contributed by atoms with Crippen LogP contribution in [0.4, 0.5) is 0 Å². The highest BCUT2D eigenvalue weighted by atomic mass is 16.2. The van der Waals surface area contributed by atoms with Crippen LogP contribution in [0.3, 0.4) is 0 Å². The Morgan fingerprint density at radius 1 is 1.54 bits per heavy atom. The number of hydrazine groups is 1. The molecular weight excluding hydrogens is 166 g/mol. The van der Waals surface area contributed by atoms with Gasteiger partial charge in [-0.05, 0) is 12.8 Å². The van der Waals surface area contributed by atoms with E-state index in [1.165, 1.54) is 5.01 Å². The third-order valence-corrected chi connectivity index (χ3v) is 2.44. The molecule has 76 valence electrons. The van der Waals surface area contributed by atoms with Crippen molar-refractivity contribution in [2.75, 3.05) is 0 Å². The van der Waals surface area contributed by atoms with Crippen molar-refractivity contribution < 1.29 is 4.79 Å². The summed E-state index contributed by atoms with van der Waals surface area (Å²) in [5, 5.41) is 1.32. The molecule has 1 amide bonds. The molecular formula is C9H19N3O. The topological polar surface area (TPSA) is 72.3 Å². The lowest BCUT2D eigenvalue weighted by Gasteiger charge is -2.15. The molecule has 0 spiro atoms. The molecule has 0 aromatic heterocycles. The Morgan fingerprint density at radius 2 is 2.15 bits per heavy atom. The van der Waals surface area contributed by atoms with Crippen LogP contribution in [-0.4, -0.2) is 23.0 Å². The number of hydrogen-bond acceptors (Lipinski definition) is 3. The minimum atomic E-state index is 0.0337. The van der Waals surface area contributed by atoms with Crippen molar-refractivity contribution in [2.45, 2.75) is 51.1 Å². The van der Waals surface area contributed by atoms with Crippen molar-refractivity contribution in [2.24, 2.45) is 11.6 Å². The van der Waals surface area contributed by atoms with E-state index >= 15 is 0 Å². The van der Waals surface area contributed by atoms with E-state index in [0.717, 1.165) is 25.7 Å². The maximum Gasteiger partial charge on any atom is 0.236 e. The van der Waals surface area contributed by atoms with Crippen LogP contribution >= 0.6 is 0 Å². The summed E-state index contributed by atoms with van der Waals surface area (Å²) in [5.41, 5.74) is 5.59. The van der Waals surface area contributed by atoms with Crippen molar-refractivity contribution in [1.82, 2.24) is 5.01 Å². The van der Waals surface area contributed by atoms with Crippen LogP contribution in [0, 0.1) is 0 Å². The zero-order valence-electron chi connectivity index (χ0n) is 8.20. The van der Waals surface area contributed by atoms with Gasteiger partial charge in [0, 0.05) is 12.5 Å². The van der Waals surface area contributed by atoms with Crippen LogP contribution in [0.1, 0.15) is 39.0 Å². The van der Waals surface area contributed by atoms with E-state index in [4.69, 9.17) is 11.6 Å². The minimum Gasteiger partial charge on any atom is -0.326 e. The zero-order chi connectivity index (χ0) is 9.84. The molecule has 0 saturated heterocycles. The van der Waals surface area contributed by atoms with Gasteiger partial charge in [-0.3, -0.25) is 9.80 Å². The van der Waals surface area contributed by atoms with Crippen LogP contribution in [-0.2, 0) is 4.79 Å². The average Bonchev–Trinajstić information content (AvgIpc) is 2.81. The molecule has 4 heteroatoms. The molecule has 1 aliphatic carbocycles. The average molecular weight is 185 g/mol. The molecule has 0 heterocycles. The Balaban J connectivity index is 2.15. The standard InChI is InChI=1S/C9H19N3O/c1-2-3-4-5-9(13)12(11)8-6-7(8)10/h7-8H,2-6,10-11H2,1H3. The van der Waals surface area contributed by atoms with Crippen LogP contribution in [0.15, 0.2) is 0 Å². The number of amides is 1. The van der Waals surface area contributed by atoms with Crippen molar-refractivity contribution >= 4 is 5.91 Å². The second-order valence-electron chi connectivity index (χ2n) is 3.73. The monoisotopic (exact) mass is 185 g/mol. The van der Waals surface area contributed by atoms with Crippen molar-refractivity contribution in [3.63, 3.8) is 0 Å². The summed E-state index contributed by atoms with van der Waals surface area (Å²) in [7, 11) is 0. The van der Waals surface area contributed by atoms with Gasteiger partial charge in [-0.15, -0.1) is 0 Å². The summed E-state index contributed by atoms with van der Waals surface area (Å²) in [4.78, 5) is 11.4. The van der Waals surface area contributed by atoms with Gasteiger partial charge in [0.1, 0.15) is 0 Å². The van der Waals surface area contributed by atoms with Crippen LogP contribution in [0.5, 0.6) is 0 Å². The van der Waals surface area contributed by atoms with Crippen molar-refractivity contribution in [1.29, 1.82) is 0 Å². The molecule has 13 heavy (non-hydrogen) atoms. The lowest BCUT2D eigenvalue weighted by atomic mass is 10.2. The van der Waals surface area contributed by atoms with E-state index in [1.807, 2.05) is 0 Å². The fourth-order valence-electron chi connectivity index (χ4n) is 1.36. The molecule has 0 aromatic carbocycles. The number of carbonyl (C=O) groups is 1. The van der Waals surface area contributed by atoms with Gasteiger partial charge in [-0.1, -0.05) is 19.8 Å². The Hall–Kier alpha value is -0.610. The van der Waals surface area contributed by atoms with Gasteiger partial charge in [0.25, 0.3) is 0 Å². The maximum absolute atomic E-state index is 11.4. The van der Waals surface area contributed by atoms with E-state index in [0.29, 0.717) is 6.42 Å². The van der Waals surface area contributed by atoms with Gasteiger partial charge in [0.15, 0.2) is 0 Å². The van der Waals surface area contributed by atoms with Gasteiger partial charge in [-0.2, -0.15) is 0 Å². The minimum absolute atomic E-state index is 0.0337. The summed E-state index contributed by atoms with van der Waals surface area (Å²) in [5.74, 6) is 5.63. The van der Waals surface area contributed by atoms with Crippen LogP contribution in [0.25, 0.3) is 0 Å².